The van der Waals surface area contributed by atoms with Gasteiger partial charge in [-0.25, -0.2) is 0 Å². The van der Waals surface area contributed by atoms with E-state index in [-0.39, 0.29) is 11.7 Å². The third-order valence-electron chi connectivity index (χ3n) is 5.23. The third-order valence-corrected chi connectivity index (χ3v) is 5.23. The second kappa shape index (κ2) is 9.58. The van der Waals surface area contributed by atoms with Gasteiger partial charge >= 0.3 is 0 Å². The number of carbonyl (C=O) groups is 1. The van der Waals surface area contributed by atoms with Crippen LogP contribution >= 0.6 is 0 Å². The van der Waals surface area contributed by atoms with Crippen molar-refractivity contribution in [3.05, 3.63) is 52.8 Å². The zero-order valence-corrected chi connectivity index (χ0v) is 17.6. The molecule has 1 amide bonds. The van der Waals surface area contributed by atoms with Crippen LogP contribution in [0, 0.1) is 13.8 Å². The van der Waals surface area contributed by atoms with Crippen LogP contribution in [0.25, 0.3) is 0 Å². The molecule has 2 aromatic rings. The number of aryl methyl sites for hydroxylation is 2. The number of oxime groups is 1. The Hall–Kier alpha value is -2.83. The fraction of sp³-hybridized carbons (Fsp3) is 0.500. The molecular weight excluding hydrogens is 366 g/mol. The van der Waals surface area contributed by atoms with Crippen molar-refractivity contribution >= 4 is 11.7 Å². The molecule has 2 N–H and O–H groups in total. The predicted molar refractivity (Wildman–Crippen MR) is 114 cm³/mol. The highest BCUT2D eigenvalue weighted by Gasteiger charge is 2.23. The van der Waals surface area contributed by atoms with Crippen LogP contribution in [0.2, 0.25) is 0 Å². The van der Waals surface area contributed by atoms with E-state index in [2.05, 4.69) is 16.3 Å². The standard InChI is InChI=1S/C22H31N5O2/c1-16-13-17(2)27(24-16)15-19-9-8-10-20(14-19)21(23)25-29-18(3)22(28)26-11-6-4-5-7-12-26/h8-10,13-14,18H,4-7,11-12,15H2,1-3H3,(H2,23,25). The number of aromatic nitrogens is 2. The summed E-state index contributed by atoms with van der Waals surface area (Å²) in [6.45, 7) is 7.99. The van der Waals surface area contributed by atoms with Gasteiger partial charge in [0.25, 0.3) is 5.91 Å². The summed E-state index contributed by atoms with van der Waals surface area (Å²) in [6, 6.07) is 9.87. The summed E-state index contributed by atoms with van der Waals surface area (Å²) in [5.41, 5.74) is 10.1. The highest BCUT2D eigenvalue weighted by atomic mass is 16.6. The molecule has 7 nitrogen and oxygen atoms in total. The van der Waals surface area contributed by atoms with E-state index in [0.717, 1.165) is 48.4 Å². The molecule has 1 aromatic heterocycles. The van der Waals surface area contributed by atoms with E-state index in [1.54, 1.807) is 6.92 Å². The summed E-state index contributed by atoms with van der Waals surface area (Å²) >= 11 is 0. The minimum Gasteiger partial charge on any atom is -0.381 e. The molecule has 1 aliphatic rings. The van der Waals surface area contributed by atoms with Crippen LogP contribution in [-0.2, 0) is 16.2 Å². The molecule has 1 aromatic carbocycles. The number of amidine groups is 1. The van der Waals surface area contributed by atoms with E-state index in [1.165, 1.54) is 12.8 Å². The average molecular weight is 398 g/mol. The Morgan fingerprint density at radius 3 is 2.59 bits per heavy atom. The minimum atomic E-state index is -0.649. The average Bonchev–Trinajstić information content (AvgIpc) is 2.91. The third kappa shape index (κ3) is 5.59. The number of amides is 1. The molecule has 0 bridgehead atoms. The van der Waals surface area contributed by atoms with Crippen LogP contribution in [0.15, 0.2) is 35.5 Å². The van der Waals surface area contributed by atoms with Crippen molar-refractivity contribution in [1.29, 1.82) is 0 Å². The molecule has 2 heterocycles. The molecule has 0 aliphatic carbocycles. The Balaban J connectivity index is 1.63. The number of rotatable bonds is 6. The number of hydrogen-bond donors (Lipinski definition) is 1. The molecule has 0 radical (unpaired) electrons. The van der Waals surface area contributed by atoms with Crippen molar-refractivity contribution in [2.75, 3.05) is 13.1 Å². The molecule has 1 fully saturated rings. The Morgan fingerprint density at radius 2 is 1.93 bits per heavy atom. The van der Waals surface area contributed by atoms with Gasteiger partial charge in [-0.3, -0.25) is 9.48 Å². The number of nitrogens with two attached hydrogens (primary N) is 1. The number of likely N-dealkylation sites (tertiary alicyclic amines) is 1. The lowest BCUT2D eigenvalue weighted by Gasteiger charge is -2.22. The van der Waals surface area contributed by atoms with Gasteiger partial charge in [-0.15, -0.1) is 0 Å². The highest BCUT2D eigenvalue weighted by Crippen LogP contribution is 2.13. The monoisotopic (exact) mass is 397 g/mol. The van der Waals surface area contributed by atoms with Crippen LogP contribution in [0.5, 0.6) is 0 Å². The van der Waals surface area contributed by atoms with E-state index >= 15 is 0 Å². The minimum absolute atomic E-state index is 0.0262. The van der Waals surface area contributed by atoms with Gasteiger partial charge in [0.1, 0.15) is 0 Å². The van der Waals surface area contributed by atoms with Crippen LogP contribution < -0.4 is 5.73 Å². The van der Waals surface area contributed by atoms with Gasteiger partial charge in [0.2, 0.25) is 6.10 Å². The van der Waals surface area contributed by atoms with Gasteiger partial charge in [-0.1, -0.05) is 36.2 Å². The quantitative estimate of drug-likeness (QED) is 0.461. The Labute approximate surface area is 172 Å². The molecule has 0 saturated carbocycles. The Morgan fingerprint density at radius 1 is 1.21 bits per heavy atom. The molecular formula is C22H31N5O2. The first kappa shape index (κ1) is 20.9. The topological polar surface area (TPSA) is 85.7 Å². The molecule has 1 saturated heterocycles. The molecule has 1 unspecified atom stereocenters. The Kier molecular flexibility index (Phi) is 6.90. The summed E-state index contributed by atoms with van der Waals surface area (Å²) in [4.78, 5) is 19.9. The molecule has 0 spiro atoms. The van der Waals surface area contributed by atoms with Crippen LogP contribution in [0.4, 0.5) is 0 Å². The van der Waals surface area contributed by atoms with E-state index in [1.807, 2.05) is 47.7 Å². The van der Waals surface area contributed by atoms with E-state index in [4.69, 9.17) is 10.6 Å². The van der Waals surface area contributed by atoms with Crippen LogP contribution in [0.1, 0.15) is 55.1 Å². The first-order valence-corrected chi connectivity index (χ1v) is 10.3. The molecule has 3 rings (SSSR count). The van der Waals surface area contributed by atoms with Crippen LogP contribution in [0.3, 0.4) is 0 Å². The number of nitrogens with zero attached hydrogens (tertiary/aromatic N) is 4. The van der Waals surface area contributed by atoms with Gasteiger partial charge in [-0.2, -0.15) is 5.10 Å². The fourth-order valence-corrected chi connectivity index (χ4v) is 3.62. The second-order valence-corrected chi connectivity index (χ2v) is 7.75. The fourth-order valence-electron chi connectivity index (χ4n) is 3.62. The van der Waals surface area contributed by atoms with Gasteiger partial charge < -0.3 is 15.5 Å². The smallest absolute Gasteiger partial charge is 0.266 e. The maximum absolute atomic E-state index is 12.6. The predicted octanol–water partition coefficient (Wildman–Crippen LogP) is 2.98. The summed E-state index contributed by atoms with van der Waals surface area (Å²) in [5.74, 6) is 0.234. The summed E-state index contributed by atoms with van der Waals surface area (Å²) in [5, 5.41) is 8.53. The lowest BCUT2D eigenvalue weighted by atomic mass is 10.1. The van der Waals surface area contributed by atoms with E-state index < -0.39 is 6.10 Å². The van der Waals surface area contributed by atoms with Gasteiger partial charge in [-0.05, 0) is 51.3 Å². The lowest BCUT2D eigenvalue weighted by molar-refractivity contribution is -0.142. The van der Waals surface area contributed by atoms with Crippen molar-refractivity contribution in [2.24, 2.45) is 10.9 Å². The zero-order chi connectivity index (χ0) is 20.8. The number of carbonyl (C=O) groups excluding carboxylic acids is 1. The molecule has 1 aliphatic heterocycles. The van der Waals surface area contributed by atoms with E-state index in [9.17, 15) is 4.79 Å². The molecule has 7 heteroatoms. The largest absolute Gasteiger partial charge is 0.381 e. The van der Waals surface area contributed by atoms with Crippen molar-refractivity contribution in [3.63, 3.8) is 0 Å². The normalized spacial score (nSPS) is 16.4. The SMILES string of the molecule is Cc1cc(C)n(Cc2cccc(C(N)=NOC(C)C(=O)N3CCCCCC3)c2)n1. The maximum Gasteiger partial charge on any atom is 0.266 e. The van der Waals surface area contributed by atoms with Crippen molar-refractivity contribution in [2.45, 2.75) is 59.1 Å². The van der Waals surface area contributed by atoms with Gasteiger partial charge in [0.05, 0.1) is 12.2 Å². The first-order chi connectivity index (χ1) is 13.9. The summed E-state index contributed by atoms with van der Waals surface area (Å²) in [7, 11) is 0. The highest BCUT2D eigenvalue weighted by molar-refractivity contribution is 5.97. The van der Waals surface area contributed by atoms with E-state index in [0.29, 0.717) is 6.54 Å². The molecule has 29 heavy (non-hydrogen) atoms. The van der Waals surface area contributed by atoms with Crippen molar-refractivity contribution in [1.82, 2.24) is 14.7 Å². The lowest BCUT2D eigenvalue weighted by Crippen LogP contribution is -2.39. The first-order valence-electron chi connectivity index (χ1n) is 10.3. The zero-order valence-electron chi connectivity index (χ0n) is 17.6. The number of hydrogen-bond acceptors (Lipinski definition) is 4. The van der Waals surface area contributed by atoms with Gasteiger partial charge in [0.15, 0.2) is 5.84 Å². The van der Waals surface area contributed by atoms with Crippen molar-refractivity contribution < 1.29 is 9.63 Å². The van der Waals surface area contributed by atoms with Crippen LogP contribution in [-0.4, -0.2) is 45.6 Å². The molecule has 1 atom stereocenters. The summed E-state index contributed by atoms with van der Waals surface area (Å²) in [6.07, 6.45) is 3.80. The summed E-state index contributed by atoms with van der Waals surface area (Å²) < 4.78 is 1.96. The number of benzene rings is 1. The maximum atomic E-state index is 12.6. The second-order valence-electron chi connectivity index (χ2n) is 7.75. The van der Waals surface area contributed by atoms with Crippen molar-refractivity contribution in [3.8, 4) is 0 Å². The van der Waals surface area contributed by atoms with Gasteiger partial charge in [0, 0.05) is 24.3 Å². The Bertz CT molecular complexity index is 866. The molecule has 156 valence electrons.